The van der Waals surface area contributed by atoms with Gasteiger partial charge in [0.1, 0.15) is 29.1 Å². The van der Waals surface area contributed by atoms with Crippen LogP contribution in [0.25, 0.3) is 11.3 Å². The lowest BCUT2D eigenvalue weighted by Crippen LogP contribution is -2.29. The van der Waals surface area contributed by atoms with Crippen LogP contribution in [-0.2, 0) is 0 Å². The smallest absolute Gasteiger partial charge is 0.335 e. The summed E-state index contributed by atoms with van der Waals surface area (Å²) in [5.41, 5.74) is 4.76. The van der Waals surface area contributed by atoms with Crippen LogP contribution in [0.2, 0.25) is 0 Å². The fourth-order valence-corrected chi connectivity index (χ4v) is 5.41. The first-order chi connectivity index (χ1) is 19.9. The number of thiocarbonyl (C=S) groups is 1. The topological polar surface area (TPSA) is 87.8 Å². The van der Waals surface area contributed by atoms with Crippen LogP contribution in [0, 0.1) is 13.8 Å². The molecule has 8 heteroatoms. The average molecular weight is 562 g/mol. The van der Waals surface area contributed by atoms with Gasteiger partial charge in [-0.25, -0.2) is 4.79 Å². The number of anilines is 1. The van der Waals surface area contributed by atoms with E-state index in [4.69, 9.17) is 21.4 Å². The maximum absolute atomic E-state index is 11.4. The van der Waals surface area contributed by atoms with Gasteiger partial charge < -0.3 is 24.5 Å². The van der Waals surface area contributed by atoms with Gasteiger partial charge in [-0.2, -0.15) is 0 Å². The SMILES string of the molecule is Cc1ccc(Oc2ccc(N3C(=S)NC(c4ccccn4)C3c3ccc(-c4ccc(C(=O)O)cc4C)o3)cc2)cc1. The molecule has 204 valence electrons. The molecular formula is C33H27N3O4S. The second-order valence-electron chi connectivity index (χ2n) is 9.94. The van der Waals surface area contributed by atoms with E-state index in [1.54, 1.807) is 24.4 Å². The molecule has 41 heavy (non-hydrogen) atoms. The molecule has 0 bridgehead atoms. The number of ether oxygens (including phenoxy) is 1. The molecule has 2 atom stereocenters. The zero-order valence-electron chi connectivity index (χ0n) is 22.4. The molecule has 0 radical (unpaired) electrons. The number of aromatic nitrogens is 1. The van der Waals surface area contributed by atoms with Crippen molar-refractivity contribution in [1.29, 1.82) is 0 Å². The molecule has 5 aromatic rings. The number of aryl methyl sites for hydroxylation is 2. The standard InChI is InChI=1S/C33H27N3O4S/c1-20-6-11-24(12-7-20)39-25-13-9-23(10-14-25)36-31(30(35-33(36)41)27-5-3-4-18-34-27)29-17-16-28(40-29)26-15-8-22(32(37)38)19-21(26)2/h3-19,30-31H,1-2H3,(H,35,41)(H,37,38). The molecule has 3 aromatic carbocycles. The minimum Gasteiger partial charge on any atom is -0.478 e. The fraction of sp³-hybridized carbons (Fsp3) is 0.121. The van der Waals surface area contributed by atoms with Crippen molar-refractivity contribution in [2.75, 3.05) is 4.90 Å². The first-order valence-electron chi connectivity index (χ1n) is 13.2. The third kappa shape index (κ3) is 5.29. The summed E-state index contributed by atoms with van der Waals surface area (Å²) in [7, 11) is 0. The minimum atomic E-state index is -0.963. The molecule has 1 fully saturated rings. The number of hydrogen-bond acceptors (Lipinski definition) is 5. The van der Waals surface area contributed by atoms with E-state index < -0.39 is 5.97 Å². The van der Waals surface area contributed by atoms with Crippen molar-refractivity contribution in [1.82, 2.24) is 10.3 Å². The number of benzene rings is 3. The number of aromatic carboxylic acids is 1. The molecule has 3 heterocycles. The molecule has 1 aliphatic heterocycles. The molecule has 0 aliphatic carbocycles. The van der Waals surface area contributed by atoms with Crippen LogP contribution in [0.5, 0.6) is 11.5 Å². The van der Waals surface area contributed by atoms with Gasteiger partial charge in [0.05, 0.1) is 17.3 Å². The fourth-order valence-electron chi connectivity index (χ4n) is 5.07. The molecular weight excluding hydrogens is 534 g/mol. The average Bonchev–Trinajstić information content (AvgIpc) is 3.59. The lowest BCUT2D eigenvalue weighted by molar-refractivity contribution is 0.0696. The van der Waals surface area contributed by atoms with Gasteiger partial charge >= 0.3 is 5.97 Å². The molecule has 2 N–H and O–H groups in total. The Labute approximate surface area is 243 Å². The monoisotopic (exact) mass is 561 g/mol. The number of nitrogens with one attached hydrogen (secondary N) is 1. The van der Waals surface area contributed by atoms with Crippen molar-refractivity contribution in [3.05, 3.63) is 131 Å². The highest BCUT2D eigenvalue weighted by Gasteiger charge is 2.42. The summed E-state index contributed by atoms with van der Waals surface area (Å²) >= 11 is 5.84. The number of rotatable bonds is 7. The maximum atomic E-state index is 11.4. The zero-order valence-corrected chi connectivity index (χ0v) is 23.3. The number of nitrogens with zero attached hydrogens (tertiary/aromatic N) is 2. The Balaban J connectivity index is 1.35. The van der Waals surface area contributed by atoms with Crippen LogP contribution in [0.15, 0.2) is 108 Å². The van der Waals surface area contributed by atoms with Gasteiger partial charge in [-0.3, -0.25) is 4.98 Å². The number of furan rings is 1. The van der Waals surface area contributed by atoms with Gasteiger partial charge in [0, 0.05) is 17.4 Å². The number of carboxylic acid groups (broad SMARTS) is 1. The Morgan fingerprint density at radius 1 is 0.951 bits per heavy atom. The normalized spacial score (nSPS) is 16.4. The first kappa shape index (κ1) is 26.3. The third-order valence-corrected chi connectivity index (χ3v) is 7.44. The lowest BCUT2D eigenvalue weighted by Gasteiger charge is -2.26. The van der Waals surface area contributed by atoms with E-state index in [9.17, 15) is 9.90 Å². The van der Waals surface area contributed by atoms with Crippen LogP contribution >= 0.6 is 12.2 Å². The molecule has 7 nitrogen and oxygen atoms in total. The van der Waals surface area contributed by atoms with Crippen LogP contribution in [-0.4, -0.2) is 21.2 Å². The van der Waals surface area contributed by atoms with E-state index in [-0.39, 0.29) is 17.6 Å². The van der Waals surface area contributed by atoms with Crippen LogP contribution in [0.3, 0.4) is 0 Å². The molecule has 1 saturated heterocycles. The predicted octanol–water partition coefficient (Wildman–Crippen LogP) is 7.63. The summed E-state index contributed by atoms with van der Waals surface area (Å²) in [6, 6.07) is 29.8. The Morgan fingerprint density at radius 2 is 1.68 bits per heavy atom. The van der Waals surface area contributed by atoms with Gasteiger partial charge in [0.25, 0.3) is 0 Å². The highest BCUT2D eigenvalue weighted by Crippen LogP contribution is 2.43. The number of pyridine rings is 1. The van der Waals surface area contributed by atoms with Crippen LogP contribution in [0.4, 0.5) is 5.69 Å². The third-order valence-electron chi connectivity index (χ3n) is 7.13. The highest BCUT2D eigenvalue weighted by molar-refractivity contribution is 7.80. The van der Waals surface area contributed by atoms with E-state index in [0.717, 1.165) is 28.3 Å². The van der Waals surface area contributed by atoms with E-state index >= 15 is 0 Å². The molecule has 0 spiro atoms. The predicted molar refractivity (Wildman–Crippen MR) is 161 cm³/mol. The minimum absolute atomic E-state index is 0.236. The quantitative estimate of drug-likeness (QED) is 0.196. The summed E-state index contributed by atoms with van der Waals surface area (Å²) in [5, 5.41) is 13.4. The number of hydrogen-bond donors (Lipinski definition) is 2. The maximum Gasteiger partial charge on any atom is 0.335 e. The van der Waals surface area contributed by atoms with Crippen LogP contribution < -0.4 is 15.0 Å². The van der Waals surface area contributed by atoms with E-state index in [1.807, 2.05) is 97.6 Å². The summed E-state index contributed by atoms with van der Waals surface area (Å²) < 4.78 is 12.5. The van der Waals surface area contributed by atoms with Gasteiger partial charge in [0.15, 0.2) is 5.11 Å². The summed E-state index contributed by atoms with van der Waals surface area (Å²) in [4.78, 5) is 18.1. The lowest BCUT2D eigenvalue weighted by atomic mass is 10.0. The summed E-state index contributed by atoms with van der Waals surface area (Å²) in [6.07, 6.45) is 1.76. The zero-order chi connectivity index (χ0) is 28.5. The van der Waals surface area contributed by atoms with Crippen molar-refractivity contribution in [2.24, 2.45) is 0 Å². The second kappa shape index (κ2) is 10.9. The van der Waals surface area contributed by atoms with Crippen molar-refractivity contribution in [3.63, 3.8) is 0 Å². The van der Waals surface area contributed by atoms with E-state index in [2.05, 4.69) is 10.3 Å². The molecule has 1 aliphatic rings. The van der Waals surface area contributed by atoms with E-state index in [0.29, 0.717) is 22.4 Å². The van der Waals surface area contributed by atoms with Gasteiger partial charge in [0.2, 0.25) is 0 Å². The number of carboxylic acids is 1. The Bertz CT molecular complexity index is 1720. The van der Waals surface area contributed by atoms with Gasteiger partial charge in [-0.1, -0.05) is 29.8 Å². The van der Waals surface area contributed by atoms with E-state index in [1.165, 1.54) is 5.56 Å². The summed E-state index contributed by atoms with van der Waals surface area (Å²) in [5.74, 6) is 1.87. The highest BCUT2D eigenvalue weighted by atomic mass is 32.1. The second-order valence-corrected chi connectivity index (χ2v) is 10.3. The Kier molecular flexibility index (Phi) is 6.99. The molecule has 2 unspecified atom stereocenters. The van der Waals surface area contributed by atoms with Gasteiger partial charge in [-0.05, 0) is 104 Å². The molecule has 2 aromatic heterocycles. The van der Waals surface area contributed by atoms with Crippen molar-refractivity contribution in [2.45, 2.75) is 25.9 Å². The Morgan fingerprint density at radius 3 is 2.34 bits per heavy atom. The number of carbonyl (C=O) groups is 1. The molecule has 0 amide bonds. The van der Waals surface area contributed by atoms with Crippen LogP contribution in [0.1, 0.15) is 45.0 Å². The summed E-state index contributed by atoms with van der Waals surface area (Å²) in [6.45, 7) is 3.91. The van der Waals surface area contributed by atoms with Crippen molar-refractivity contribution in [3.8, 4) is 22.8 Å². The van der Waals surface area contributed by atoms with Crippen molar-refractivity contribution >= 4 is 29.0 Å². The first-order valence-corrected chi connectivity index (χ1v) is 13.6. The van der Waals surface area contributed by atoms with Gasteiger partial charge in [-0.15, -0.1) is 0 Å². The Hall–Kier alpha value is -4.95. The molecule has 0 saturated carbocycles. The van der Waals surface area contributed by atoms with Crippen molar-refractivity contribution < 1.29 is 19.1 Å². The largest absolute Gasteiger partial charge is 0.478 e. The molecule has 6 rings (SSSR count).